The number of piperazine rings is 1. The van der Waals surface area contributed by atoms with Gasteiger partial charge in [-0.3, -0.25) is 4.79 Å². The van der Waals surface area contributed by atoms with E-state index in [2.05, 4.69) is 15.5 Å². The number of benzene rings is 2. The molecule has 1 aliphatic rings. The van der Waals surface area contributed by atoms with Crippen molar-refractivity contribution in [2.45, 2.75) is 12.6 Å². The summed E-state index contributed by atoms with van der Waals surface area (Å²) in [5, 5.41) is 6.27. The van der Waals surface area contributed by atoms with Crippen molar-refractivity contribution in [3.63, 3.8) is 0 Å². The van der Waals surface area contributed by atoms with E-state index < -0.39 is 12.0 Å². The average molecular weight is 407 g/mol. The van der Waals surface area contributed by atoms with E-state index in [1.807, 2.05) is 24.3 Å². The number of nitrogens with zero attached hydrogens (tertiary/aromatic N) is 1. The molecule has 1 fully saturated rings. The Kier molecular flexibility index (Phi) is 6.64. The van der Waals surface area contributed by atoms with E-state index >= 15 is 0 Å². The molecule has 156 valence electrons. The molecule has 0 aliphatic carbocycles. The first-order valence-electron chi connectivity index (χ1n) is 9.46. The van der Waals surface area contributed by atoms with Crippen molar-refractivity contribution in [2.75, 3.05) is 50.1 Å². The maximum atomic E-state index is 13.0. The van der Waals surface area contributed by atoms with Crippen LogP contribution in [0, 0.1) is 0 Å². The minimum absolute atomic E-state index is 0.200. The summed E-state index contributed by atoms with van der Waals surface area (Å²) in [7, 11) is 1.58. The molecule has 1 heterocycles. The van der Waals surface area contributed by atoms with Crippen LogP contribution < -0.4 is 20.3 Å². The summed E-state index contributed by atoms with van der Waals surface area (Å²) in [6.45, 7) is 3.52. The average Bonchev–Trinajstić information content (AvgIpc) is 2.73. The van der Waals surface area contributed by atoms with Crippen LogP contribution in [0.3, 0.4) is 0 Å². The van der Waals surface area contributed by atoms with E-state index in [9.17, 15) is 18.0 Å². The molecule has 0 atom stereocenters. The second-order valence-corrected chi connectivity index (χ2v) is 6.82. The number of methoxy groups -OCH3 is 1. The van der Waals surface area contributed by atoms with Crippen molar-refractivity contribution in [1.29, 1.82) is 0 Å². The van der Waals surface area contributed by atoms with Crippen LogP contribution in [0.25, 0.3) is 0 Å². The number of rotatable bonds is 7. The molecule has 5 nitrogen and oxygen atoms in total. The Labute approximate surface area is 167 Å². The summed E-state index contributed by atoms with van der Waals surface area (Å²) in [4.78, 5) is 14.0. The zero-order valence-electron chi connectivity index (χ0n) is 16.2. The second kappa shape index (κ2) is 9.17. The first kappa shape index (κ1) is 21.0. The first-order chi connectivity index (χ1) is 13.9. The monoisotopic (exact) mass is 407 g/mol. The lowest BCUT2D eigenvalue weighted by Crippen LogP contribution is -2.43. The molecule has 2 aromatic carbocycles. The van der Waals surface area contributed by atoms with Crippen molar-refractivity contribution in [1.82, 2.24) is 5.32 Å². The molecule has 2 aromatic rings. The van der Waals surface area contributed by atoms with Crippen molar-refractivity contribution < 1.29 is 22.7 Å². The number of hydrogen-bond acceptors (Lipinski definition) is 5. The lowest BCUT2D eigenvalue weighted by molar-refractivity contribution is -0.0884. The molecule has 2 N–H and O–H groups in total. The third-order valence-corrected chi connectivity index (χ3v) is 4.85. The second-order valence-electron chi connectivity index (χ2n) is 6.82. The van der Waals surface area contributed by atoms with Crippen LogP contribution in [0.2, 0.25) is 0 Å². The van der Waals surface area contributed by atoms with E-state index in [1.54, 1.807) is 19.2 Å². The van der Waals surface area contributed by atoms with Crippen molar-refractivity contribution in [3.8, 4) is 5.75 Å². The van der Waals surface area contributed by atoms with Gasteiger partial charge in [-0.05, 0) is 42.3 Å². The third kappa shape index (κ3) is 5.41. The molecule has 0 radical (unpaired) electrons. The van der Waals surface area contributed by atoms with Crippen LogP contribution in [-0.2, 0) is 6.42 Å². The highest BCUT2D eigenvalue weighted by atomic mass is 19.4. The van der Waals surface area contributed by atoms with E-state index in [0.717, 1.165) is 43.2 Å². The van der Waals surface area contributed by atoms with Crippen LogP contribution in [0.5, 0.6) is 5.75 Å². The Hall–Kier alpha value is -2.74. The standard InChI is InChI=1S/C21H24F3N3O2/c1-29-17-4-2-3-15(13-17)7-8-26-19-14-16(27-11-9-25-10-12-27)5-6-18(19)20(28)21(22,23)24/h2-6,13-14,25-26H,7-12H2,1H3. The van der Waals surface area contributed by atoms with Crippen molar-refractivity contribution in [3.05, 3.63) is 53.6 Å². The Morgan fingerprint density at radius 2 is 1.93 bits per heavy atom. The van der Waals surface area contributed by atoms with Gasteiger partial charge in [0, 0.05) is 44.1 Å². The van der Waals surface area contributed by atoms with E-state index in [4.69, 9.17) is 4.74 Å². The van der Waals surface area contributed by atoms with Gasteiger partial charge in [0.25, 0.3) is 5.78 Å². The van der Waals surface area contributed by atoms with Crippen LogP contribution in [0.15, 0.2) is 42.5 Å². The zero-order chi connectivity index (χ0) is 20.9. The highest BCUT2D eigenvalue weighted by Crippen LogP contribution is 2.30. The number of hydrogen-bond donors (Lipinski definition) is 2. The number of carbonyl (C=O) groups excluding carboxylic acids is 1. The molecule has 1 aliphatic heterocycles. The van der Waals surface area contributed by atoms with Gasteiger partial charge in [0.2, 0.25) is 0 Å². The van der Waals surface area contributed by atoms with Gasteiger partial charge >= 0.3 is 6.18 Å². The highest BCUT2D eigenvalue weighted by Gasteiger charge is 2.40. The molecule has 0 bridgehead atoms. The predicted molar refractivity (Wildman–Crippen MR) is 107 cm³/mol. The smallest absolute Gasteiger partial charge is 0.454 e. The van der Waals surface area contributed by atoms with Gasteiger partial charge in [-0.15, -0.1) is 0 Å². The van der Waals surface area contributed by atoms with Gasteiger partial charge in [-0.25, -0.2) is 0 Å². The quantitative estimate of drug-likeness (QED) is 0.688. The minimum atomic E-state index is -4.92. The third-order valence-electron chi connectivity index (χ3n) is 4.85. The summed E-state index contributed by atoms with van der Waals surface area (Å²) in [6, 6.07) is 12.0. The number of carbonyl (C=O) groups is 1. The van der Waals surface area contributed by atoms with Crippen LogP contribution in [0.1, 0.15) is 15.9 Å². The number of halogens is 3. The molecule has 8 heteroatoms. The lowest BCUT2D eigenvalue weighted by Gasteiger charge is -2.30. The molecule has 29 heavy (non-hydrogen) atoms. The van der Waals surface area contributed by atoms with Gasteiger partial charge in [-0.2, -0.15) is 13.2 Å². The van der Waals surface area contributed by atoms with Crippen LogP contribution in [-0.4, -0.2) is 51.8 Å². The SMILES string of the molecule is COc1cccc(CCNc2cc(N3CCNCC3)ccc2C(=O)C(F)(F)F)c1. The van der Waals surface area contributed by atoms with Gasteiger partial charge in [-0.1, -0.05) is 12.1 Å². The molecule has 0 aromatic heterocycles. The number of Topliss-reactive ketones (excluding diaryl/α,β-unsaturated/α-hetero) is 1. The van der Waals surface area contributed by atoms with Gasteiger partial charge in [0.1, 0.15) is 5.75 Å². The number of ketones is 1. The van der Waals surface area contributed by atoms with Gasteiger partial charge in [0.05, 0.1) is 12.7 Å². The number of alkyl halides is 3. The minimum Gasteiger partial charge on any atom is -0.497 e. The maximum Gasteiger partial charge on any atom is 0.454 e. The fraction of sp³-hybridized carbons (Fsp3) is 0.381. The molecule has 0 amide bonds. The molecule has 0 unspecified atom stereocenters. The first-order valence-corrected chi connectivity index (χ1v) is 9.46. The van der Waals surface area contributed by atoms with Crippen molar-refractivity contribution >= 4 is 17.2 Å². The molecule has 3 rings (SSSR count). The normalized spacial score (nSPS) is 14.6. The van der Waals surface area contributed by atoms with E-state index in [-0.39, 0.29) is 11.3 Å². The Morgan fingerprint density at radius 1 is 1.17 bits per heavy atom. The van der Waals surface area contributed by atoms with Gasteiger partial charge < -0.3 is 20.3 Å². The summed E-state index contributed by atoms with van der Waals surface area (Å²) in [5.41, 5.74) is 1.63. The number of ether oxygens (including phenoxy) is 1. The number of anilines is 2. The number of nitrogens with one attached hydrogen (secondary N) is 2. The molecule has 1 saturated heterocycles. The highest BCUT2D eigenvalue weighted by molar-refractivity contribution is 6.05. The largest absolute Gasteiger partial charge is 0.497 e. The molecular formula is C21H24F3N3O2. The molecule has 0 spiro atoms. The topological polar surface area (TPSA) is 53.6 Å². The summed E-state index contributed by atoms with van der Waals surface area (Å²) in [6.07, 6.45) is -4.34. The lowest BCUT2D eigenvalue weighted by atomic mass is 10.1. The Bertz CT molecular complexity index is 849. The van der Waals surface area contributed by atoms with Crippen molar-refractivity contribution in [2.24, 2.45) is 0 Å². The fourth-order valence-electron chi connectivity index (χ4n) is 3.32. The zero-order valence-corrected chi connectivity index (χ0v) is 16.2. The predicted octanol–water partition coefficient (Wildman–Crippen LogP) is 3.50. The maximum absolute atomic E-state index is 13.0. The molecular weight excluding hydrogens is 383 g/mol. The Balaban J connectivity index is 1.79. The Morgan fingerprint density at radius 3 is 2.62 bits per heavy atom. The molecule has 0 saturated carbocycles. The summed E-state index contributed by atoms with van der Waals surface area (Å²) in [5.74, 6) is -1.12. The summed E-state index contributed by atoms with van der Waals surface area (Å²) >= 11 is 0. The van der Waals surface area contributed by atoms with E-state index in [0.29, 0.717) is 13.0 Å². The van der Waals surface area contributed by atoms with Gasteiger partial charge in [0.15, 0.2) is 0 Å². The van der Waals surface area contributed by atoms with Crippen LogP contribution >= 0.6 is 0 Å². The fourth-order valence-corrected chi connectivity index (χ4v) is 3.32. The summed E-state index contributed by atoms with van der Waals surface area (Å²) < 4.78 is 44.3. The van der Waals surface area contributed by atoms with E-state index in [1.165, 1.54) is 6.07 Å². The van der Waals surface area contributed by atoms with Crippen LogP contribution in [0.4, 0.5) is 24.5 Å².